The van der Waals surface area contributed by atoms with Crippen molar-refractivity contribution < 1.29 is 38.2 Å². The smallest absolute Gasteiger partial charge is 0.407 e. The molecule has 4 rings (SSSR count). The Bertz CT molecular complexity index is 2040. The Morgan fingerprint density at radius 1 is 0.833 bits per heavy atom. The number of anilines is 2. The Morgan fingerprint density at radius 3 is 1.95 bits per heavy atom. The summed E-state index contributed by atoms with van der Waals surface area (Å²) in [6, 6.07) is 13.8. The van der Waals surface area contributed by atoms with Gasteiger partial charge in [-0.2, -0.15) is 0 Å². The van der Waals surface area contributed by atoms with E-state index in [9.17, 15) is 28.8 Å². The van der Waals surface area contributed by atoms with Gasteiger partial charge < -0.3 is 45.4 Å². The van der Waals surface area contributed by atoms with Crippen LogP contribution in [0, 0.1) is 11.8 Å². The zero-order valence-corrected chi connectivity index (χ0v) is 41.2. The molecule has 362 valence electrons. The lowest BCUT2D eigenvalue weighted by molar-refractivity contribution is -0.139. The van der Waals surface area contributed by atoms with E-state index in [1.54, 1.807) is 4.90 Å². The van der Waals surface area contributed by atoms with Crippen LogP contribution in [-0.2, 0) is 34.1 Å². The number of alkyl carbamates (subject to hydrolysis) is 2. The molecule has 4 N–H and O–H groups in total. The zero-order valence-electron chi connectivity index (χ0n) is 41.2. The lowest BCUT2D eigenvalue weighted by Gasteiger charge is -2.40. The molecular weight excluding hydrogens is 839 g/mol. The van der Waals surface area contributed by atoms with Gasteiger partial charge in [0, 0.05) is 24.5 Å². The number of methoxy groups -OCH3 is 2. The first-order valence-corrected chi connectivity index (χ1v) is 23.5. The molecule has 0 aromatic heterocycles. The first kappa shape index (κ1) is 52.8. The van der Waals surface area contributed by atoms with E-state index in [1.165, 1.54) is 24.7 Å². The van der Waals surface area contributed by atoms with Gasteiger partial charge in [-0.25, -0.2) is 9.59 Å². The average molecular weight is 914 g/mol. The fourth-order valence-electron chi connectivity index (χ4n) is 8.66. The third-order valence-corrected chi connectivity index (χ3v) is 12.5. The second-order valence-electron chi connectivity index (χ2n) is 19.1. The zero-order chi connectivity index (χ0) is 48.9. The highest BCUT2D eigenvalue weighted by Crippen LogP contribution is 2.36. The van der Waals surface area contributed by atoms with Crippen LogP contribution < -0.4 is 26.2 Å². The molecule has 6 atom stereocenters. The Hall–Kier alpha value is -5.86. The van der Waals surface area contributed by atoms with Gasteiger partial charge in [0.15, 0.2) is 0 Å². The first-order chi connectivity index (χ1) is 31.2. The number of rotatable bonds is 19. The molecule has 1 unspecified atom stereocenters. The molecule has 2 aromatic rings. The van der Waals surface area contributed by atoms with Crippen molar-refractivity contribution in [1.29, 1.82) is 0 Å². The van der Waals surface area contributed by atoms with Crippen LogP contribution in [0.2, 0.25) is 0 Å². The second-order valence-corrected chi connectivity index (χ2v) is 19.1. The number of carbonyl (C=O) groups excluding carboxylic acids is 6. The average Bonchev–Trinajstić information content (AvgIpc) is 3.79. The molecule has 1 saturated heterocycles. The Balaban J connectivity index is 1.52. The van der Waals surface area contributed by atoms with E-state index in [1.807, 2.05) is 65.0 Å². The molecule has 15 heteroatoms. The number of hydrogen-bond acceptors (Lipinski definition) is 9. The molecule has 66 heavy (non-hydrogen) atoms. The monoisotopic (exact) mass is 914 g/mol. The van der Waals surface area contributed by atoms with Crippen LogP contribution in [0.15, 0.2) is 72.3 Å². The Morgan fingerprint density at radius 2 is 1.44 bits per heavy atom. The highest BCUT2D eigenvalue weighted by molar-refractivity contribution is 5.98. The molecule has 0 radical (unpaired) electrons. The molecule has 0 spiro atoms. The molecule has 1 aliphatic carbocycles. The number of nitrogens with one attached hydrogen (secondary N) is 4. The van der Waals surface area contributed by atoms with Gasteiger partial charge in [-0.05, 0) is 97.2 Å². The van der Waals surface area contributed by atoms with Crippen molar-refractivity contribution in [3.05, 3.63) is 83.5 Å². The lowest BCUT2D eigenvalue weighted by Crippen LogP contribution is -2.54. The molecule has 2 aromatic carbocycles. The first-order valence-electron chi connectivity index (χ1n) is 23.5. The lowest BCUT2D eigenvalue weighted by atomic mass is 9.86. The van der Waals surface area contributed by atoms with Gasteiger partial charge in [-0.1, -0.05) is 105 Å². The standard InChI is InChI=1S/C51H75N7O8/c1-13-29-56(47(61)44(32(3)4)54-49(63)65-11)31-43(59)52-38-25-19-36(20-26-38)41(14-2)58(40-27-21-37(22-28-40)51(8,9)10)34(7)35-17-23-39(24-18-35)53-46(60)42-16-15-30-57(42)48(62)45(33(5)6)55-50(64)66-12/h17-25,27-28,32-34,38,41-42,44-45H,13-16,26,29-31H2,1-12H3,(H,52,59)(H,53,60)(H,54,63)(H,55,64)/t34-,38?,41-,42-,44-,45-/m0/s1. The van der Waals surface area contributed by atoms with Crippen LogP contribution in [0.5, 0.6) is 0 Å². The summed E-state index contributed by atoms with van der Waals surface area (Å²) in [6.07, 6.45) is 8.07. The highest BCUT2D eigenvalue weighted by atomic mass is 16.5. The third kappa shape index (κ3) is 13.8. The van der Waals surface area contributed by atoms with E-state index < -0.39 is 30.3 Å². The number of amides is 6. The quantitative estimate of drug-likeness (QED) is 0.110. The van der Waals surface area contributed by atoms with Crippen molar-refractivity contribution in [2.75, 3.05) is 44.1 Å². The normalized spacial score (nSPS) is 17.8. The Labute approximate surface area is 392 Å². The van der Waals surface area contributed by atoms with Gasteiger partial charge in [0.1, 0.15) is 18.1 Å². The molecule has 2 aliphatic rings. The fraction of sp³-hybridized carbons (Fsp3) is 0.569. The van der Waals surface area contributed by atoms with E-state index in [-0.39, 0.29) is 65.5 Å². The van der Waals surface area contributed by atoms with Crippen molar-refractivity contribution >= 4 is 47.2 Å². The van der Waals surface area contributed by atoms with E-state index >= 15 is 0 Å². The number of nitrogens with zero attached hydrogens (tertiary/aromatic N) is 3. The van der Waals surface area contributed by atoms with Gasteiger partial charge >= 0.3 is 12.2 Å². The molecular formula is C51H75N7O8. The van der Waals surface area contributed by atoms with Crippen molar-refractivity contribution in [3.8, 4) is 0 Å². The summed E-state index contributed by atoms with van der Waals surface area (Å²) in [5, 5.41) is 11.4. The molecule has 0 saturated carbocycles. The number of carbonyl (C=O) groups is 6. The summed E-state index contributed by atoms with van der Waals surface area (Å²) in [4.78, 5) is 83.7. The van der Waals surface area contributed by atoms with E-state index in [0.717, 1.165) is 23.2 Å². The second kappa shape index (κ2) is 24.1. The number of hydrogen-bond donors (Lipinski definition) is 4. The molecule has 0 bridgehead atoms. The SMILES string of the molecule is CCCN(CC(=O)NC1C=CC([C@H](CC)N(c2ccc(C(C)(C)C)cc2)[C@@H](C)c2ccc(NC(=O)[C@@H]3CCCN3C(=O)[C@@H](NC(=O)OC)C(C)C)cc2)=CC1)C(=O)[C@@H](NC(=O)OC)C(C)C. The van der Waals surface area contributed by atoms with E-state index in [0.29, 0.717) is 44.5 Å². The van der Waals surface area contributed by atoms with Crippen molar-refractivity contribution in [1.82, 2.24) is 25.8 Å². The minimum Gasteiger partial charge on any atom is -0.453 e. The van der Waals surface area contributed by atoms with Gasteiger partial charge in [0.25, 0.3) is 0 Å². The fourth-order valence-corrected chi connectivity index (χ4v) is 8.66. The van der Waals surface area contributed by atoms with Crippen LogP contribution >= 0.6 is 0 Å². The van der Waals surface area contributed by atoms with Gasteiger partial charge in [-0.15, -0.1) is 0 Å². The van der Waals surface area contributed by atoms with Gasteiger partial charge in [-0.3, -0.25) is 19.2 Å². The predicted octanol–water partition coefficient (Wildman–Crippen LogP) is 7.63. The summed E-state index contributed by atoms with van der Waals surface area (Å²) in [5.74, 6) is -1.62. The highest BCUT2D eigenvalue weighted by Gasteiger charge is 2.39. The van der Waals surface area contributed by atoms with Crippen molar-refractivity contribution in [2.24, 2.45) is 11.8 Å². The van der Waals surface area contributed by atoms with Gasteiger partial charge in [0.2, 0.25) is 23.6 Å². The van der Waals surface area contributed by atoms with Crippen LogP contribution in [0.3, 0.4) is 0 Å². The summed E-state index contributed by atoms with van der Waals surface area (Å²) in [7, 11) is 2.50. The van der Waals surface area contributed by atoms with Crippen molar-refractivity contribution in [3.63, 3.8) is 0 Å². The Kier molecular flexibility index (Phi) is 19.2. The summed E-state index contributed by atoms with van der Waals surface area (Å²) < 4.78 is 9.48. The minimum atomic E-state index is -0.828. The summed E-state index contributed by atoms with van der Waals surface area (Å²) in [6.45, 7) is 20.9. The maximum absolute atomic E-state index is 13.7. The van der Waals surface area contributed by atoms with Crippen LogP contribution in [-0.4, -0.2) is 110 Å². The number of ether oxygens (including phenoxy) is 2. The third-order valence-electron chi connectivity index (χ3n) is 12.5. The molecule has 1 heterocycles. The molecule has 1 fully saturated rings. The van der Waals surface area contributed by atoms with Crippen LogP contribution in [0.25, 0.3) is 0 Å². The topological polar surface area (TPSA) is 179 Å². The summed E-state index contributed by atoms with van der Waals surface area (Å²) in [5.41, 5.74) is 5.02. The van der Waals surface area contributed by atoms with Gasteiger partial charge in [0.05, 0.1) is 38.9 Å². The van der Waals surface area contributed by atoms with Crippen LogP contribution in [0.1, 0.15) is 119 Å². The molecule has 6 amide bonds. The largest absolute Gasteiger partial charge is 0.453 e. The van der Waals surface area contributed by atoms with Crippen molar-refractivity contribution in [2.45, 2.75) is 143 Å². The molecule has 15 nitrogen and oxygen atoms in total. The maximum atomic E-state index is 13.7. The van der Waals surface area contributed by atoms with E-state index in [4.69, 9.17) is 9.47 Å². The number of likely N-dealkylation sites (tertiary alicyclic amines) is 1. The molecule has 1 aliphatic heterocycles. The minimum absolute atomic E-state index is 0.0245. The van der Waals surface area contributed by atoms with Crippen LogP contribution in [0.4, 0.5) is 21.0 Å². The van der Waals surface area contributed by atoms with E-state index in [2.05, 4.69) is 97.2 Å². The summed E-state index contributed by atoms with van der Waals surface area (Å²) >= 11 is 0. The number of benzene rings is 2. The predicted molar refractivity (Wildman–Crippen MR) is 259 cm³/mol. The maximum Gasteiger partial charge on any atom is 0.407 e.